The number of benzene rings is 1. The molecule has 1 saturated heterocycles. The summed E-state index contributed by atoms with van der Waals surface area (Å²) in [5, 5.41) is 0. The van der Waals surface area contributed by atoms with E-state index >= 15 is 4.39 Å². The lowest BCUT2D eigenvalue weighted by Gasteiger charge is -2.29. The van der Waals surface area contributed by atoms with Crippen molar-refractivity contribution in [2.24, 2.45) is 0 Å². The number of hydrogen-bond donors (Lipinski definition) is 1. The normalized spacial score (nSPS) is 19.5. The molecule has 3 aromatic rings. The summed E-state index contributed by atoms with van der Waals surface area (Å²) >= 11 is 0. The van der Waals surface area contributed by atoms with Gasteiger partial charge in [0.05, 0.1) is 16.7 Å². The molecule has 2 aromatic heterocycles. The van der Waals surface area contributed by atoms with Gasteiger partial charge in [-0.3, -0.25) is 9.78 Å². The number of esters is 1. The minimum Gasteiger partial charge on any atom is -0.458 e. The SMILES string of the molecule is CC(C)(C)OC(=O)C1CCCN1c1cc2c(cc1F)n1c(=O)[nH]c(=O)cc1n2C1CC1. The van der Waals surface area contributed by atoms with Gasteiger partial charge in [0.25, 0.3) is 5.56 Å². The standard InChI is InChI=1S/C22H25FN4O4/c1-22(2,3)31-20(29)14-5-4-8-25(14)15-10-17-16(9-13(15)23)27-19(26(17)12-6-7-12)11-18(28)24-21(27)30/h9-12,14H,4-8H2,1-3H3,(H,24,28,30). The van der Waals surface area contributed by atoms with Crippen LogP contribution in [-0.4, -0.2) is 38.1 Å². The predicted octanol–water partition coefficient (Wildman–Crippen LogP) is 2.73. The molecule has 0 radical (unpaired) electrons. The number of nitrogens with one attached hydrogen (secondary N) is 1. The molecule has 0 amide bonds. The Balaban J connectivity index is 1.68. The van der Waals surface area contributed by atoms with Gasteiger partial charge >= 0.3 is 11.7 Å². The number of halogens is 1. The van der Waals surface area contributed by atoms with Crippen molar-refractivity contribution in [3.05, 3.63) is 44.9 Å². The highest BCUT2D eigenvalue weighted by atomic mass is 19.1. The smallest absolute Gasteiger partial charge is 0.334 e. The zero-order valence-corrected chi connectivity index (χ0v) is 17.8. The number of anilines is 1. The molecule has 1 aliphatic heterocycles. The summed E-state index contributed by atoms with van der Waals surface area (Å²) in [6.45, 7) is 5.96. The number of rotatable bonds is 3. The molecule has 8 nitrogen and oxygen atoms in total. The van der Waals surface area contributed by atoms with Gasteiger partial charge in [-0.1, -0.05) is 0 Å². The zero-order chi connectivity index (χ0) is 22.1. The molecule has 1 aromatic carbocycles. The van der Waals surface area contributed by atoms with Crippen LogP contribution in [0, 0.1) is 5.82 Å². The van der Waals surface area contributed by atoms with E-state index in [0.717, 1.165) is 19.3 Å². The van der Waals surface area contributed by atoms with Crippen LogP contribution in [0.1, 0.15) is 52.5 Å². The molecule has 2 fully saturated rings. The monoisotopic (exact) mass is 428 g/mol. The quantitative estimate of drug-likeness (QED) is 0.648. The van der Waals surface area contributed by atoms with E-state index < -0.39 is 28.7 Å². The zero-order valence-electron chi connectivity index (χ0n) is 17.8. The fourth-order valence-electron chi connectivity index (χ4n) is 4.54. The van der Waals surface area contributed by atoms with Crippen LogP contribution in [-0.2, 0) is 9.53 Å². The van der Waals surface area contributed by atoms with Crippen LogP contribution in [0.15, 0.2) is 27.8 Å². The molecule has 9 heteroatoms. The average molecular weight is 428 g/mol. The van der Waals surface area contributed by atoms with Crippen molar-refractivity contribution in [3.63, 3.8) is 0 Å². The van der Waals surface area contributed by atoms with Gasteiger partial charge in [-0.05, 0) is 52.5 Å². The van der Waals surface area contributed by atoms with Gasteiger partial charge in [-0.25, -0.2) is 18.4 Å². The van der Waals surface area contributed by atoms with E-state index in [2.05, 4.69) is 4.98 Å². The van der Waals surface area contributed by atoms with Gasteiger partial charge in [-0.15, -0.1) is 0 Å². The van der Waals surface area contributed by atoms with Gasteiger partial charge in [0.2, 0.25) is 0 Å². The molecule has 164 valence electrons. The highest BCUT2D eigenvalue weighted by molar-refractivity contribution is 5.88. The van der Waals surface area contributed by atoms with E-state index in [4.69, 9.17) is 4.74 Å². The third-order valence-electron chi connectivity index (χ3n) is 5.87. The largest absolute Gasteiger partial charge is 0.458 e. The first kappa shape index (κ1) is 19.8. The molecule has 31 heavy (non-hydrogen) atoms. The third-order valence-corrected chi connectivity index (χ3v) is 5.87. The second-order valence-corrected chi connectivity index (χ2v) is 9.41. The number of ether oxygens (including phenoxy) is 1. The molecule has 0 bridgehead atoms. The number of hydrogen-bond acceptors (Lipinski definition) is 5. The maximum absolute atomic E-state index is 15.3. The Hall–Kier alpha value is -3.10. The molecule has 1 aliphatic carbocycles. The molecular formula is C22H25FN4O4. The molecule has 0 spiro atoms. The summed E-state index contributed by atoms with van der Waals surface area (Å²) < 4.78 is 24.2. The number of aromatic nitrogens is 3. The Kier molecular flexibility index (Phi) is 4.29. The van der Waals surface area contributed by atoms with Crippen molar-refractivity contribution < 1.29 is 13.9 Å². The van der Waals surface area contributed by atoms with E-state index in [1.165, 1.54) is 16.5 Å². The van der Waals surface area contributed by atoms with Crippen LogP contribution in [0.2, 0.25) is 0 Å². The first-order chi connectivity index (χ1) is 14.6. The molecule has 1 saturated carbocycles. The number of H-pyrrole nitrogens is 1. The summed E-state index contributed by atoms with van der Waals surface area (Å²) in [7, 11) is 0. The molecule has 2 aliphatic rings. The number of aromatic amines is 1. The molecule has 1 atom stereocenters. The first-order valence-corrected chi connectivity index (χ1v) is 10.6. The van der Waals surface area contributed by atoms with E-state index in [1.54, 1.807) is 11.0 Å². The molecule has 5 rings (SSSR count). The fraction of sp³-hybridized carbons (Fsp3) is 0.500. The van der Waals surface area contributed by atoms with Crippen LogP contribution in [0.5, 0.6) is 0 Å². The third kappa shape index (κ3) is 3.32. The summed E-state index contributed by atoms with van der Waals surface area (Å²) in [6.07, 6.45) is 3.20. The van der Waals surface area contributed by atoms with Crippen LogP contribution in [0.3, 0.4) is 0 Å². The Bertz CT molecular complexity index is 1330. The van der Waals surface area contributed by atoms with Crippen molar-refractivity contribution >= 4 is 28.3 Å². The van der Waals surface area contributed by atoms with E-state index in [-0.39, 0.29) is 12.0 Å². The van der Waals surface area contributed by atoms with Crippen LogP contribution >= 0.6 is 0 Å². The Morgan fingerprint density at radius 2 is 1.87 bits per heavy atom. The number of fused-ring (bicyclic) bond motifs is 3. The highest BCUT2D eigenvalue weighted by Gasteiger charge is 2.36. The topological polar surface area (TPSA) is 88.8 Å². The minimum absolute atomic E-state index is 0.159. The van der Waals surface area contributed by atoms with Crippen LogP contribution in [0.25, 0.3) is 16.7 Å². The summed E-state index contributed by atoms with van der Waals surface area (Å²) in [4.78, 5) is 41.2. The van der Waals surface area contributed by atoms with Crippen molar-refractivity contribution in [2.45, 2.75) is 64.1 Å². The molecule has 1 N–H and O–H groups in total. The number of nitrogens with zero attached hydrogens (tertiary/aromatic N) is 3. The first-order valence-electron chi connectivity index (χ1n) is 10.6. The minimum atomic E-state index is -0.625. The Labute approximate surface area is 177 Å². The van der Waals surface area contributed by atoms with Gasteiger partial charge in [0.15, 0.2) is 0 Å². The average Bonchev–Trinajstić information content (AvgIpc) is 3.27. The second kappa shape index (κ2) is 6.70. The Morgan fingerprint density at radius 3 is 2.55 bits per heavy atom. The maximum atomic E-state index is 15.3. The summed E-state index contributed by atoms with van der Waals surface area (Å²) in [5.41, 5.74) is 0.131. The van der Waals surface area contributed by atoms with E-state index in [9.17, 15) is 14.4 Å². The second-order valence-electron chi connectivity index (χ2n) is 9.41. The molecule has 1 unspecified atom stereocenters. The number of carbonyl (C=O) groups excluding carboxylic acids is 1. The van der Waals surface area contributed by atoms with Crippen molar-refractivity contribution in [1.29, 1.82) is 0 Å². The lowest BCUT2D eigenvalue weighted by Crippen LogP contribution is -2.41. The lowest BCUT2D eigenvalue weighted by molar-refractivity contribution is -0.156. The summed E-state index contributed by atoms with van der Waals surface area (Å²) in [5.74, 6) is -0.884. The van der Waals surface area contributed by atoms with Crippen LogP contribution in [0.4, 0.5) is 10.1 Å². The van der Waals surface area contributed by atoms with E-state index in [0.29, 0.717) is 35.3 Å². The maximum Gasteiger partial charge on any atom is 0.334 e. The summed E-state index contributed by atoms with van der Waals surface area (Å²) in [6, 6.07) is 3.99. The highest BCUT2D eigenvalue weighted by Crippen LogP contribution is 2.41. The van der Waals surface area contributed by atoms with Crippen LogP contribution < -0.4 is 16.1 Å². The van der Waals surface area contributed by atoms with Gasteiger partial charge in [0.1, 0.15) is 23.1 Å². The van der Waals surface area contributed by atoms with Crippen molar-refractivity contribution in [1.82, 2.24) is 14.0 Å². The lowest BCUT2D eigenvalue weighted by atomic mass is 10.1. The van der Waals surface area contributed by atoms with Gasteiger partial charge < -0.3 is 14.2 Å². The number of imidazole rings is 1. The number of carbonyl (C=O) groups is 1. The van der Waals surface area contributed by atoms with E-state index in [1.807, 2.05) is 25.3 Å². The fourth-order valence-corrected chi connectivity index (χ4v) is 4.54. The molecular weight excluding hydrogens is 403 g/mol. The van der Waals surface area contributed by atoms with Crippen molar-refractivity contribution in [2.75, 3.05) is 11.4 Å². The predicted molar refractivity (Wildman–Crippen MR) is 114 cm³/mol. The van der Waals surface area contributed by atoms with Gasteiger partial charge in [0, 0.05) is 24.7 Å². The molecule has 3 heterocycles. The Morgan fingerprint density at radius 1 is 1.13 bits per heavy atom. The van der Waals surface area contributed by atoms with Gasteiger partial charge in [-0.2, -0.15) is 0 Å². The van der Waals surface area contributed by atoms with Crippen molar-refractivity contribution in [3.8, 4) is 0 Å².